The van der Waals surface area contributed by atoms with Gasteiger partial charge in [0, 0.05) is 30.9 Å². The maximum absolute atomic E-state index is 12.9. The molecule has 0 spiro atoms. The summed E-state index contributed by atoms with van der Waals surface area (Å²) in [7, 11) is 1.49. The van der Waals surface area contributed by atoms with Crippen LogP contribution in [0.1, 0.15) is 21.5 Å². The van der Waals surface area contributed by atoms with Gasteiger partial charge in [-0.1, -0.05) is 18.2 Å². The largest absolute Gasteiger partial charge is 0.481 e. The number of aromatic nitrogens is 2. The standard InChI is InChI=1S/C19H17N3O3/c1-25-19-15(18(24)21-11-12-4-3-8-20-10-12)17(23)14-6-2-5-13-7-9-22(19)16(13)14/h2-6,8,10H,7,9,11H2,1H3,(H,21,24). The van der Waals surface area contributed by atoms with E-state index in [1.54, 1.807) is 24.5 Å². The van der Waals surface area contributed by atoms with Crippen molar-refractivity contribution in [3.63, 3.8) is 0 Å². The van der Waals surface area contributed by atoms with Crippen molar-refractivity contribution >= 4 is 16.8 Å². The van der Waals surface area contributed by atoms with E-state index in [9.17, 15) is 9.59 Å². The van der Waals surface area contributed by atoms with Gasteiger partial charge >= 0.3 is 0 Å². The molecule has 0 aliphatic carbocycles. The third-order valence-electron chi connectivity index (χ3n) is 4.52. The molecule has 1 aliphatic heterocycles. The second kappa shape index (κ2) is 6.05. The van der Waals surface area contributed by atoms with E-state index in [2.05, 4.69) is 10.3 Å². The fraction of sp³-hybridized carbons (Fsp3) is 0.211. The Hall–Kier alpha value is -3.15. The number of nitrogens with zero attached hydrogens (tertiary/aromatic N) is 2. The van der Waals surface area contributed by atoms with Gasteiger partial charge in [0.15, 0.2) is 0 Å². The molecule has 0 atom stereocenters. The van der Waals surface area contributed by atoms with Crippen molar-refractivity contribution in [3.8, 4) is 5.88 Å². The molecular weight excluding hydrogens is 318 g/mol. The lowest BCUT2D eigenvalue weighted by Gasteiger charge is -2.15. The van der Waals surface area contributed by atoms with Gasteiger partial charge in [0.2, 0.25) is 11.3 Å². The van der Waals surface area contributed by atoms with Gasteiger partial charge in [-0.15, -0.1) is 0 Å². The van der Waals surface area contributed by atoms with Crippen molar-refractivity contribution < 1.29 is 9.53 Å². The number of pyridine rings is 2. The van der Waals surface area contributed by atoms with E-state index in [1.807, 2.05) is 22.8 Å². The van der Waals surface area contributed by atoms with Gasteiger partial charge < -0.3 is 14.6 Å². The minimum atomic E-state index is -0.436. The molecule has 0 saturated carbocycles. The molecule has 3 heterocycles. The number of methoxy groups -OCH3 is 1. The molecule has 1 amide bonds. The summed E-state index contributed by atoms with van der Waals surface area (Å²) in [5.41, 5.74) is 2.60. The van der Waals surface area contributed by atoms with Crippen LogP contribution in [0, 0.1) is 0 Å². The summed E-state index contributed by atoms with van der Waals surface area (Å²) in [6.07, 6.45) is 4.17. The van der Waals surface area contributed by atoms with Crippen LogP contribution in [0.25, 0.3) is 10.9 Å². The topological polar surface area (TPSA) is 73.2 Å². The van der Waals surface area contributed by atoms with E-state index < -0.39 is 5.91 Å². The van der Waals surface area contributed by atoms with Crippen molar-refractivity contribution in [3.05, 3.63) is 69.6 Å². The van der Waals surface area contributed by atoms with Crippen LogP contribution < -0.4 is 15.5 Å². The summed E-state index contributed by atoms with van der Waals surface area (Å²) >= 11 is 0. The van der Waals surface area contributed by atoms with Crippen LogP contribution in [0.4, 0.5) is 0 Å². The number of carbonyl (C=O) groups excluding carboxylic acids is 1. The van der Waals surface area contributed by atoms with Gasteiger partial charge in [0.1, 0.15) is 5.56 Å². The Morgan fingerprint density at radius 3 is 2.96 bits per heavy atom. The lowest BCUT2D eigenvalue weighted by atomic mass is 10.1. The maximum atomic E-state index is 12.9. The number of rotatable bonds is 4. The van der Waals surface area contributed by atoms with Gasteiger partial charge in [0.05, 0.1) is 12.6 Å². The summed E-state index contributed by atoms with van der Waals surface area (Å²) in [6, 6.07) is 9.30. The Labute approximate surface area is 144 Å². The molecule has 1 aromatic carbocycles. The molecule has 0 unspecified atom stereocenters. The first-order chi connectivity index (χ1) is 12.2. The van der Waals surface area contributed by atoms with E-state index in [0.29, 0.717) is 24.4 Å². The van der Waals surface area contributed by atoms with Crippen LogP contribution in [0.5, 0.6) is 5.88 Å². The minimum Gasteiger partial charge on any atom is -0.481 e. The number of ether oxygens (including phenoxy) is 1. The number of nitrogens with one attached hydrogen (secondary N) is 1. The number of carbonyl (C=O) groups is 1. The summed E-state index contributed by atoms with van der Waals surface area (Å²) < 4.78 is 7.37. The van der Waals surface area contributed by atoms with Crippen LogP contribution in [0.15, 0.2) is 47.5 Å². The lowest BCUT2D eigenvalue weighted by molar-refractivity contribution is 0.0945. The van der Waals surface area contributed by atoms with E-state index in [0.717, 1.165) is 23.1 Å². The molecule has 25 heavy (non-hydrogen) atoms. The molecule has 3 aromatic rings. The average molecular weight is 335 g/mol. The quantitative estimate of drug-likeness (QED) is 0.790. The van der Waals surface area contributed by atoms with E-state index in [1.165, 1.54) is 7.11 Å². The highest BCUT2D eigenvalue weighted by atomic mass is 16.5. The summed E-state index contributed by atoms with van der Waals surface area (Å²) in [4.78, 5) is 29.7. The van der Waals surface area contributed by atoms with Crippen molar-refractivity contribution in [2.24, 2.45) is 0 Å². The number of hydrogen-bond acceptors (Lipinski definition) is 4. The first-order valence-electron chi connectivity index (χ1n) is 8.10. The SMILES string of the molecule is COc1c(C(=O)NCc2cccnc2)c(=O)c2cccc3c2n1CC3. The Morgan fingerprint density at radius 2 is 2.20 bits per heavy atom. The van der Waals surface area contributed by atoms with Crippen LogP contribution in [0.3, 0.4) is 0 Å². The zero-order valence-corrected chi connectivity index (χ0v) is 13.8. The van der Waals surface area contributed by atoms with Gasteiger partial charge in [-0.05, 0) is 29.7 Å². The maximum Gasteiger partial charge on any atom is 0.261 e. The number of amides is 1. The highest BCUT2D eigenvalue weighted by Gasteiger charge is 2.26. The van der Waals surface area contributed by atoms with Crippen LogP contribution in [-0.2, 0) is 19.5 Å². The van der Waals surface area contributed by atoms with Crippen molar-refractivity contribution in [2.75, 3.05) is 7.11 Å². The fourth-order valence-electron chi connectivity index (χ4n) is 3.39. The first-order valence-corrected chi connectivity index (χ1v) is 8.10. The second-order valence-corrected chi connectivity index (χ2v) is 5.97. The molecule has 1 aliphatic rings. The molecule has 0 bridgehead atoms. The summed E-state index contributed by atoms with van der Waals surface area (Å²) in [5.74, 6) is -0.111. The molecule has 6 heteroatoms. The molecule has 0 saturated heterocycles. The van der Waals surface area contributed by atoms with Gasteiger partial charge in [-0.2, -0.15) is 0 Å². The van der Waals surface area contributed by atoms with Gasteiger partial charge in [-0.25, -0.2) is 0 Å². The third-order valence-corrected chi connectivity index (χ3v) is 4.52. The number of aryl methyl sites for hydroxylation is 2. The highest BCUT2D eigenvalue weighted by molar-refractivity contribution is 6.00. The van der Waals surface area contributed by atoms with Crippen LogP contribution in [0.2, 0.25) is 0 Å². The molecule has 2 aromatic heterocycles. The third kappa shape index (κ3) is 2.46. The molecule has 0 fully saturated rings. The summed E-state index contributed by atoms with van der Waals surface area (Å²) in [5, 5.41) is 3.35. The van der Waals surface area contributed by atoms with Crippen molar-refractivity contribution in [1.82, 2.24) is 14.9 Å². The molecule has 6 nitrogen and oxygen atoms in total. The second-order valence-electron chi connectivity index (χ2n) is 5.97. The highest BCUT2D eigenvalue weighted by Crippen LogP contribution is 2.30. The Kier molecular flexibility index (Phi) is 3.72. The van der Waals surface area contributed by atoms with Crippen molar-refractivity contribution in [2.45, 2.75) is 19.5 Å². The number of hydrogen-bond donors (Lipinski definition) is 1. The number of benzene rings is 1. The average Bonchev–Trinajstić information content (AvgIpc) is 3.08. The van der Waals surface area contributed by atoms with Gasteiger partial charge in [0.25, 0.3) is 5.91 Å². The smallest absolute Gasteiger partial charge is 0.261 e. The molecule has 4 rings (SSSR count). The van der Waals surface area contributed by atoms with Crippen molar-refractivity contribution in [1.29, 1.82) is 0 Å². The van der Waals surface area contributed by atoms with E-state index >= 15 is 0 Å². The first kappa shape index (κ1) is 15.4. The number of para-hydroxylation sites is 1. The molecule has 0 radical (unpaired) electrons. The zero-order valence-electron chi connectivity index (χ0n) is 13.8. The predicted molar refractivity (Wildman–Crippen MR) is 93.9 cm³/mol. The fourth-order valence-corrected chi connectivity index (χ4v) is 3.39. The molecule has 126 valence electrons. The summed E-state index contributed by atoms with van der Waals surface area (Å²) in [6.45, 7) is 0.996. The van der Waals surface area contributed by atoms with Crippen LogP contribution >= 0.6 is 0 Å². The van der Waals surface area contributed by atoms with Crippen LogP contribution in [-0.4, -0.2) is 22.6 Å². The van der Waals surface area contributed by atoms with Gasteiger partial charge in [-0.3, -0.25) is 14.6 Å². The monoisotopic (exact) mass is 335 g/mol. The minimum absolute atomic E-state index is 0.0536. The van der Waals surface area contributed by atoms with E-state index in [4.69, 9.17) is 4.74 Å². The normalized spacial score (nSPS) is 12.4. The zero-order chi connectivity index (χ0) is 17.4. The Morgan fingerprint density at radius 1 is 1.32 bits per heavy atom. The Bertz CT molecular complexity index is 1030. The lowest BCUT2D eigenvalue weighted by Crippen LogP contribution is -2.30. The molecular formula is C19H17N3O3. The predicted octanol–water partition coefficient (Wildman–Crippen LogP) is 1.89. The molecule has 1 N–H and O–H groups in total. The van der Waals surface area contributed by atoms with E-state index in [-0.39, 0.29) is 11.0 Å². The Balaban J connectivity index is 1.78.